The lowest BCUT2D eigenvalue weighted by Crippen LogP contribution is -2.49. The average Bonchev–Trinajstić information content (AvgIpc) is 2.98. The van der Waals surface area contributed by atoms with Gasteiger partial charge in [-0.3, -0.25) is 4.90 Å². The van der Waals surface area contributed by atoms with E-state index in [4.69, 9.17) is 9.72 Å². The number of aromatic nitrogens is 1. The number of nitrogens with one attached hydrogen (secondary N) is 1. The molecule has 24 heavy (non-hydrogen) atoms. The highest BCUT2D eigenvalue weighted by atomic mass is 79.9. The highest BCUT2D eigenvalue weighted by molar-refractivity contribution is 9.10. The predicted molar refractivity (Wildman–Crippen MR) is 109 cm³/mol. The number of thiazole rings is 1. The number of hydrogen-bond acceptors (Lipinski definition) is 5. The summed E-state index contributed by atoms with van der Waals surface area (Å²) in [6, 6.07) is 6.58. The minimum atomic E-state index is 0. The van der Waals surface area contributed by atoms with E-state index in [1.807, 2.05) is 12.1 Å². The van der Waals surface area contributed by atoms with E-state index in [0.29, 0.717) is 6.04 Å². The van der Waals surface area contributed by atoms with Crippen molar-refractivity contribution in [3.63, 3.8) is 0 Å². The summed E-state index contributed by atoms with van der Waals surface area (Å²) in [5.41, 5.74) is 2.18. The molecule has 0 bridgehead atoms. The third-order valence-corrected chi connectivity index (χ3v) is 5.37. The van der Waals surface area contributed by atoms with E-state index in [2.05, 4.69) is 44.5 Å². The molecule has 1 aliphatic rings. The van der Waals surface area contributed by atoms with Gasteiger partial charge in [0.1, 0.15) is 10.8 Å². The van der Waals surface area contributed by atoms with E-state index in [9.17, 15) is 0 Å². The lowest BCUT2D eigenvalue weighted by atomic mass is 10.2. The van der Waals surface area contributed by atoms with Gasteiger partial charge >= 0.3 is 0 Å². The van der Waals surface area contributed by atoms with Gasteiger partial charge < -0.3 is 10.1 Å². The maximum absolute atomic E-state index is 5.46. The number of hydrogen-bond donors (Lipinski definition) is 1. The summed E-state index contributed by atoms with van der Waals surface area (Å²) in [6.45, 7) is 6.36. The molecule has 0 saturated carbocycles. The van der Waals surface area contributed by atoms with Crippen molar-refractivity contribution in [3.05, 3.63) is 33.7 Å². The van der Waals surface area contributed by atoms with Crippen LogP contribution in [0.4, 0.5) is 0 Å². The van der Waals surface area contributed by atoms with Gasteiger partial charge in [-0.15, -0.1) is 36.2 Å². The van der Waals surface area contributed by atoms with Crippen LogP contribution >= 0.6 is 52.1 Å². The van der Waals surface area contributed by atoms with E-state index in [0.717, 1.165) is 52.7 Å². The van der Waals surface area contributed by atoms with E-state index in [1.165, 1.54) is 0 Å². The van der Waals surface area contributed by atoms with Crippen molar-refractivity contribution in [1.82, 2.24) is 15.2 Å². The molecule has 1 aromatic carbocycles. The van der Waals surface area contributed by atoms with Gasteiger partial charge in [0, 0.05) is 42.1 Å². The minimum absolute atomic E-state index is 0. The molecule has 1 atom stereocenters. The number of halogens is 3. The Morgan fingerprint density at radius 3 is 2.92 bits per heavy atom. The quantitative estimate of drug-likeness (QED) is 0.750. The number of nitrogens with zero attached hydrogens (tertiary/aromatic N) is 2. The van der Waals surface area contributed by atoms with E-state index in [-0.39, 0.29) is 24.8 Å². The minimum Gasteiger partial charge on any atom is -0.496 e. The van der Waals surface area contributed by atoms with Crippen molar-refractivity contribution >= 4 is 52.1 Å². The number of benzene rings is 1. The van der Waals surface area contributed by atoms with Crippen molar-refractivity contribution in [1.29, 1.82) is 0 Å². The van der Waals surface area contributed by atoms with Crippen LogP contribution in [0.15, 0.2) is 28.1 Å². The van der Waals surface area contributed by atoms with Crippen LogP contribution in [0.3, 0.4) is 0 Å². The van der Waals surface area contributed by atoms with Crippen molar-refractivity contribution in [2.75, 3.05) is 26.7 Å². The predicted octanol–water partition coefficient (Wildman–Crippen LogP) is 4.22. The standard InChI is InChI=1S/C16H20BrN3OS.2ClH/c1-11-8-18-5-6-20(11)9-13-10-22-16(19-13)14-7-12(17)3-4-15(14)21-2;;/h3-4,7,10-11,18H,5-6,8-9H2,1-2H3;2*1H/t11-;;/m0../s1. The van der Waals surface area contributed by atoms with Crippen LogP contribution < -0.4 is 10.1 Å². The number of rotatable bonds is 4. The molecule has 2 heterocycles. The number of methoxy groups -OCH3 is 1. The Hall–Kier alpha value is -0.370. The first-order valence-corrected chi connectivity index (χ1v) is 9.07. The smallest absolute Gasteiger partial charge is 0.129 e. The first-order chi connectivity index (χ1) is 10.7. The summed E-state index contributed by atoms with van der Waals surface area (Å²) in [4.78, 5) is 7.29. The van der Waals surface area contributed by atoms with Crippen LogP contribution in [-0.4, -0.2) is 42.7 Å². The molecule has 134 valence electrons. The second-order valence-electron chi connectivity index (χ2n) is 5.51. The Morgan fingerprint density at radius 2 is 2.21 bits per heavy atom. The molecular weight excluding hydrogens is 433 g/mol. The van der Waals surface area contributed by atoms with Crippen LogP contribution in [0, 0.1) is 0 Å². The molecule has 0 unspecified atom stereocenters. The summed E-state index contributed by atoms with van der Waals surface area (Å²) < 4.78 is 6.50. The Kier molecular flexibility index (Phi) is 8.98. The Morgan fingerprint density at radius 1 is 1.42 bits per heavy atom. The van der Waals surface area contributed by atoms with E-state index in [1.54, 1.807) is 18.4 Å². The van der Waals surface area contributed by atoms with Crippen LogP contribution in [0.5, 0.6) is 5.75 Å². The topological polar surface area (TPSA) is 37.4 Å². The van der Waals surface area contributed by atoms with Gasteiger partial charge in [-0.1, -0.05) is 15.9 Å². The van der Waals surface area contributed by atoms with E-state index < -0.39 is 0 Å². The molecule has 1 aliphatic heterocycles. The molecule has 8 heteroatoms. The highest BCUT2D eigenvalue weighted by Crippen LogP contribution is 2.34. The fraction of sp³-hybridized carbons (Fsp3) is 0.438. The van der Waals surface area contributed by atoms with Crippen molar-refractivity contribution in [3.8, 4) is 16.3 Å². The third kappa shape index (κ3) is 5.07. The molecule has 1 saturated heterocycles. The van der Waals surface area contributed by atoms with Crippen LogP contribution in [0.25, 0.3) is 10.6 Å². The molecular formula is C16H22BrCl2N3OS. The van der Waals surface area contributed by atoms with Gasteiger partial charge in [0.05, 0.1) is 18.4 Å². The van der Waals surface area contributed by atoms with Gasteiger partial charge in [0.15, 0.2) is 0 Å². The maximum Gasteiger partial charge on any atom is 0.129 e. The zero-order valence-corrected chi connectivity index (χ0v) is 17.7. The Labute approximate surface area is 167 Å². The summed E-state index contributed by atoms with van der Waals surface area (Å²) >= 11 is 5.20. The molecule has 0 spiro atoms. The van der Waals surface area contributed by atoms with Crippen molar-refractivity contribution < 1.29 is 4.74 Å². The highest BCUT2D eigenvalue weighted by Gasteiger charge is 2.19. The number of piperazine rings is 1. The molecule has 0 aliphatic carbocycles. The Balaban J connectivity index is 0.00000144. The van der Waals surface area contributed by atoms with Gasteiger partial charge in [0.2, 0.25) is 0 Å². The second kappa shape index (κ2) is 9.94. The molecule has 1 aromatic heterocycles. The van der Waals surface area contributed by atoms with Gasteiger partial charge in [-0.05, 0) is 25.1 Å². The van der Waals surface area contributed by atoms with E-state index >= 15 is 0 Å². The van der Waals surface area contributed by atoms with Gasteiger partial charge in [0.25, 0.3) is 0 Å². The van der Waals surface area contributed by atoms with Crippen LogP contribution in [0.1, 0.15) is 12.6 Å². The lowest BCUT2D eigenvalue weighted by Gasteiger charge is -2.33. The SMILES string of the molecule is COc1ccc(Br)cc1-c1nc(CN2CCNC[C@@H]2C)cs1.Cl.Cl. The zero-order chi connectivity index (χ0) is 15.5. The fourth-order valence-corrected chi connectivity index (χ4v) is 3.87. The third-order valence-electron chi connectivity index (χ3n) is 3.95. The summed E-state index contributed by atoms with van der Waals surface area (Å²) in [5, 5.41) is 6.59. The first kappa shape index (κ1) is 21.7. The normalized spacial score (nSPS) is 17.7. The molecule has 3 rings (SSSR count). The monoisotopic (exact) mass is 453 g/mol. The van der Waals surface area contributed by atoms with Crippen molar-refractivity contribution in [2.24, 2.45) is 0 Å². The van der Waals surface area contributed by atoms with Crippen LogP contribution in [-0.2, 0) is 6.54 Å². The van der Waals surface area contributed by atoms with Gasteiger partial charge in [-0.2, -0.15) is 0 Å². The number of ether oxygens (including phenoxy) is 1. The summed E-state index contributed by atoms with van der Waals surface area (Å²) in [6.07, 6.45) is 0. The maximum atomic E-state index is 5.46. The average molecular weight is 455 g/mol. The van der Waals surface area contributed by atoms with Crippen LogP contribution in [0.2, 0.25) is 0 Å². The Bertz CT molecular complexity index is 656. The first-order valence-electron chi connectivity index (χ1n) is 7.40. The largest absolute Gasteiger partial charge is 0.496 e. The molecule has 1 fully saturated rings. The molecule has 0 radical (unpaired) electrons. The fourth-order valence-electron chi connectivity index (χ4n) is 2.68. The summed E-state index contributed by atoms with van der Waals surface area (Å²) in [5.74, 6) is 0.861. The second-order valence-corrected chi connectivity index (χ2v) is 7.29. The molecule has 0 amide bonds. The lowest BCUT2D eigenvalue weighted by molar-refractivity contribution is 0.164. The van der Waals surface area contributed by atoms with Gasteiger partial charge in [-0.25, -0.2) is 4.98 Å². The molecule has 2 aromatic rings. The summed E-state index contributed by atoms with van der Waals surface area (Å²) in [7, 11) is 1.70. The molecule has 1 N–H and O–H groups in total. The van der Waals surface area contributed by atoms with Crippen molar-refractivity contribution in [2.45, 2.75) is 19.5 Å². The zero-order valence-electron chi connectivity index (χ0n) is 13.6. The molecule has 4 nitrogen and oxygen atoms in total.